The van der Waals surface area contributed by atoms with E-state index in [0.717, 1.165) is 0 Å². The van der Waals surface area contributed by atoms with Gasteiger partial charge in [-0.15, -0.1) is 0 Å². The highest BCUT2D eigenvalue weighted by atomic mass is 19.1. The van der Waals surface area contributed by atoms with Crippen LogP contribution in [0.15, 0.2) is 36.9 Å². The fraction of sp³-hybridized carbons (Fsp3) is 0.111. The van der Waals surface area contributed by atoms with E-state index in [1.807, 2.05) is 0 Å². The fourth-order valence-electron chi connectivity index (χ4n) is 0.867. The highest BCUT2D eigenvalue weighted by Gasteiger charge is 2.03. The summed E-state index contributed by atoms with van der Waals surface area (Å²) in [7, 11) is 0. The molecular weight excluding hydrogens is 141 g/mol. The summed E-state index contributed by atoms with van der Waals surface area (Å²) >= 11 is 0. The van der Waals surface area contributed by atoms with Crippen LogP contribution in [0.1, 0.15) is 11.7 Å². The zero-order valence-corrected chi connectivity index (χ0v) is 6.13. The second-order valence-corrected chi connectivity index (χ2v) is 2.31. The molecule has 0 fully saturated rings. The molecule has 0 amide bonds. The van der Waals surface area contributed by atoms with Crippen LogP contribution in [0.3, 0.4) is 0 Å². The van der Waals surface area contributed by atoms with E-state index in [-0.39, 0.29) is 0 Å². The number of nitrogen functional groups attached to an aromatic ring is 1. The van der Waals surface area contributed by atoms with Gasteiger partial charge in [-0.1, -0.05) is 24.8 Å². The molecule has 1 nitrogen and oxygen atoms in total. The van der Waals surface area contributed by atoms with E-state index in [2.05, 4.69) is 6.58 Å². The van der Waals surface area contributed by atoms with E-state index in [1.54, 1.807) is 24.3 Å². The summed E-state index contributed by atoms with van der Waals surface area (Å²) in [6.45, 7) is 3.35. The first-order chi connectivity index (χ1) is 5.24. The number of halogens is 1. The molecule has 2 N–H and O–H groups in total. The maximum absolute atomic E-state index is 12.9. The van der Waals surface area contributed by atoms with Crippen molar-refractivity contribution in [1.82, 2.24) is 0 Å². The number of benzene rings is 1. The lowest BCUT2D eigenvalue weighted by Gasteiger charge is -2.02. The van der Waals surface area contributed by atoms with Gasteiger partial charge in [0.1, 0.15) is 6.17 Å². The predicted octanol–water partition coefficient (Wildman–Crippen LogP) is 2.47. The molecule has 0 radical (unpaired) electrons. The molecule has 0 aliphatic heterocycles. The largest absolute Gasteiger partial charge is 0.399 e. The minimum absolute atomic E-state index is 0.556. The average Bonchev–Trinajstić information content (AvgIpc) is 2.03. The molecule has 2 heteroatoms. The van der Waals surface area contributed by atoms with Crippen LogP contribution in [-0.2, 0) is 0 Å². The molecule has 1 unspecified atom stereocenters. The summed E-state index contributed by atoms with van der Waals surface area (Å²) in [5.74, 6) is 0. The highest BCUT2D eigenvalue weighted by Crippen LogP contribution is 2.19. The Bertz CT molecular complexity index is 257. The van der Waals surface area contributed by atoms with Gasteiger partial charge in [-0.2, -0.15) is 0 Å². The third kappa shape index (κ3) is 1.80. The molecule has 0 aromatic heterocycles. The lowest BCUT2D eigenvalue weighted by atomic mass is 10.1. The molecule has 0 spiro atoms. The summed E-state index contributed by atoms with van der Waals surface area (Å²) in [5, 5.41) is 0. The fourth-order valence-corrected chi connectivity index (χ4v) is 0.867. The van der Waals surface area contributed by atoms with Gasteiger partial charge >= 0.3 is 0 Å². The van der Waals surface area contributed by atoms with Crippen molar-refractivity contribution in [3.8, 4) is 0 Å². The zero-order valence-electron chi connectivity index (χ0n) is 6.13. The van der Waals surface area contributed by atoms with E-state index in [9.17, 15) is 4.39 Å². The molecule has 0 saturated carbocycles. The molecule has 0 heterocycles. The lowest BCUT2D eigenvalue weighted by molar-refractivity contribution is 0.415. The Kier molecular flexibility index (Phi) is 2.26. The van der Waals surface area contributed by atoms with Crippen LogP contribution in [0.4, 0.5) is 10.1 Å². The van der Waals surface area contributed by atoms with E-state index in [0.29, 0.717) is 11.3 Å². The summed E-state index contributed by atoms with van der Waals surface area (Å²) in [6.07, 6.45) is 0.132. The standard InChI is InChI=1S/C9H10FN/c1-2-9(10)7-4-3-5-8(11)6-7/h2-6,9H,1,11H2. The molecule has 1 atom stereocenters. The topological polar surface area (TPSA) is 26.0 Å². The van der Waals surface area contributed by atoms with Crippen molar-refractivity contribution in [1.29, 1.82) is 0 Å². The number of rotatable bonds is 2. The van der Waals surface area contributed by atoms with Gasteiger partial charge in [-0.25, -0.2) is 4.39 Å². The van der Waals surface area contributed by atoms with Crippen LogP contribution in [0, 0.1) is 0 Å². The molecule has 1 aromatic rings. The second kappa shape index (κ2) is 3.19. The quantitative estimate of drug-likeness (QED) is 0.510. The first kappa shape index (κ1) is 7.79. The molecule has 0 aliphatic rings. The van der Waals surface area contributed by atoms with Crippen LogP contribution in [0.5, 0.6) is 0 Å². The molecule has 1 aromatic carbocycles. The minimum Gasteiger partial charge on any atom is -0.399 e. The Morgan fingerprint density at radius 3 is 2.82 bits per heavy atom. The first-order valence-corrected chi connectivity index (χ1v) is 3.36. The van der Waals surface area contributed by atoms with Crippen molar-refractivity contribution in [2.75, 3.05) is 5.73 Å². The van der Waals surface area contributed by atoms with Crippen LogP contribution in [0.25, 0.3) is 0 Å². The Hall–Kier alpha value is -1.31. The number of hydrogen-bond acceptors (Lipinski definition) is 1. The van der Waals surface area contributed by atoms with Crippen molar-refractivity contribution in [2.24, 2.45) is 0 Å². The van der Waals surface area contributed by atoms with E-state index < -0.39 is 6.17 Å². The molecule has 0 bridgehead atoms. The van der Waals surface area contributed by atoms with Crippen LogP contribution in [0.2, 0.25) is 0 Å². The van der Waals surface area contributed by atoms with Gasteiger partial charge in [0.25, 0.3) is 0 Å². The number of alkyl halides is 1. The van der Waals surface area contributed by atoms with E-state index >= 15 is 0 Å². The van der Waals surface area contributed by atoms with E-state index in [4.69, 9.17) is 5.73 Å². The second-order valence-electron chi connectivity index (χ2n) is 2.31. The van der Waals surface area contributed by atoms with Crippen molar-refractivity contribution in [3.63, 3.8) is 0 Å². The third-order valence-electron chi connectivity index (χ3n) is 1.44. The van der Waals surface area contributed by atoms with Gasteiger partial charge < -0.3 is 5.73 Å². The zero-order chi connectivity index (χ0) is 8.27. The SMILES string of the molecule is C=CC(F)c1cccc(N)c1. The Morgan fingerprint density at radius 2 is 2.27 bits per heavy atom. The monoisotopic (exact) mass is 151 g/mol. The molecular formula is C9H10FN. The number of allylic oxidation sites excluding steroid dienone is 1. The lowest BCUT2D eigenvalue weighted by Crippen LogP contribution is -1.89. The highest BCUT2D eigenvalue weighted by molar-refractivity contribution is 5.41. The molecule has 0 aliphatic carbocycles. The normalized spacial score (nSPS) is 12.5. The summed E-state index contributed by atoms with van der Waals surface area (Å²) in [6, 6.07) is 6.73. The van der Waals surface area contributed by atoms with Gasteiger partial charge in [0.15, 0.2) is 0 Å². The van der Waals surface area contributed by atoms with Gasteiger partial charge in [-0.05, 0) is 17.7 Å². The van der Waals surface area contributed by atoms with Crippen molar-refractivity contribution in [3.05, 3.63) is 42.5 Å². The smallest absolute Gasteiger partial charge is 0.143 e. The maximum Gasteiger partial charge on any atom is 0.143 e. The van der Waals surface area contributed by atoms with Crippen LogP contribution in [-0.4, -0.2) is 0 Å². The summed E-state index contributed by atoms with van der Waals surface area (Å²) < 4.78 is 12.9. The Morgan fingerprint density at radius 1 is 1.55 bits per heavy atom. The predicted molar refractivity (Wildman–Crippen MR) is 44.9 cm³/mol. The molecule has 1 rings (SSSR count). The van der Waals surface area contributed by atoms with Crippen molar-refractivity contribution >= 4 is 5.69 Å². The molecule has 11 heavy (non-hydrogen) atoms. The summed E-state index contributed by atoms with van der Waals surface area (Å²) in [5.41, 5.74) is 6.58. The summed E-state index contributed by atoms with van der Waals surface area (Å²) in [4.78, 5) is 0. The Labute approximate surface area is 65.3 Å². The van der Waals surface area contributed by atoms with E-state index in [1.165, 1.54) is 6.08 Å². The van der Waals surface area contributed by atoms with Gasteiger partial charge in [0.05, 0.1) is 0 Å². The number of hydrogen-bond donors (Lipinski definition) is 1. The molecule has 58 valence electrons. The van der Waals surface area contributed by atoms with Gasteiger partial charge in [0.2, 0.25) is 0 Å². The number of nitrogens with two attached hydrogens (primary N) is 1. The number of anilines is 1. The first-order valence-electron chi connectivity index (χ1n) is 3.36. The van der Waals surface area contributed by atoms with Gasteiger partial charge in [0, 0.05) is 5.69 Å². The van der Waals surface area contributed by atoms with Crippen molar-refractivity contribution < 1.29 is 4.39 Å². The third-order valence-corrected chi connectivity index (χ3v) is 1.44. The van der Waals surface area contributed by atoms with Crippen LogP contribution >= 0.6 is 0 Å². The van der Waals surface area contributed by atoms with Gasteiger partial charge in [-0.3, -0.25) is 0 Å². The maximum atomic E-state index is 12.9. The molecule has 0 saturated heterocycles. The minimum atomic E-state index is -1.11. The van der Waals surface area contributed by atoms with Crippen molar-refractivity contribution in [2.45, 2.75) is 6.17 Å². The average molecular weight is 151 g/mol. The van der Waals surface area contributed by atoms with Crippen LogP contribution < -0.4 is 5.73 Å². The Balaban J connectivity index is 2.95.